The molecular formula is C109H159F16N15O8. The van der Waals surface area contributed by atoms with Crippen LogP contribution in [0.1, 0.15) is 256 Å². The lowest BCUT2D eigenvalue weighted by molar-refractivity contribution is -0.139. The van der Waals surface area contributed by atoms with Crippen molar-refractivity contribution in [1.82, 2.24) is 75.5 Å². The molecule has 0 saturated carbocycles. The molecule has 0 unspecified atom stereocenters. The normalized spacial score (nSPS) is 11.8. The van der Waals surface area contributed by atoms with Gasteiger partial charge in [-0.25, -0.2) is 17.6 Å². The molecule has 0 bridgehead atoms. The van der Waals surface area contributed by atoms with Crippen LogP contribution in [0.5, 0.6) is 34.5 Å². The number of benzene rings is 5. The number of hydrogen-bond acceptors (Lipinski definition) is 18. The van der Waals surface area contributed by atoms with Crippen LogP contribution in [-0.4, -0.2) is 211 Å². The Morgan fingerprint density at radius 3 is 1.06 bits per heavy atom. The highest BCUT2D eigenvalue weighted by atomic mass is 19.4. The molecule has 0 aliphatic heterocycles. The van der Waals surface area contributed by atoms with E-state index in [9.17, 15) is 65.9 Å². The Morgan fingerprint density at radius 1 is 0.358 bits per heavy atom. The molecule has 5 heterocycles. The Balaban J connectivity index is 0.000000473. The molecule has 148 heavy (non-hydrogen) atoms. The zero-order valence-electron chi connectivity index (χ0n) is 87.5. The van der Waals surface area contributed by atoms with Gasteiger partial charge in [-0.1, -0.05) is 136 Å². The van der Waals surface area contributed by atoms with Crippen LogP contribution in [-0.2, 0) is 72.8 Å². The number of terminal acetylenes is 1. The fraction of sp³-hybridized carbons (Fsp3) is 0.569. The largest absolute Gasteiger partial charge is 0.493 e. The molecular weight excluding hydrogens is 1950 g/mol. The van der Waals surface area contributed by atoms with E-state index in [1.807, 2.05) is 85.6 Å². The van der Waals surface area contributed by atoms with Gasteiger partial charge >= 0.3 is 24.7 Å². The quantitative estimate of drug-likeness (QED) is 0.0135. The number of methoxy groups -OCH3 is 2. The molecule has 0 aliphatic rings. The number of hydrogen-bond donors (Lipinski definition) is 5. The van der Waals surface area contributed by atoms with E-state index in [2.05, 4.69) is 113 Å². The summed E-state index contributed by atoms with van der Waals surface area (Å²) in [6, 6.07) is 11.1. The van der Waals surface area contributed by atoms with Gasteiger partial charge in [-0.2, -0.15) is 78.2 Å². The van der Waals surface area contributed by atoms with E-state index in [-0.39, 0.29) is 101 Å². The smallest absolute Gasteiger partial charge is 0.419 e. The van der Waals surface area contributed by atoms with Crippen molar-refractivity contribution in [2.75, 3.05) is 135 Å². The van der Waals surface area contributed by atoms with Crippen LogP contribution >= 0.6 is 0 Å². The first-order chi connectivity index (χ1) is 68.5. The van der Waals surface area contributed by atoms with Crippen molar-refractivity contribution in [2.45, 2.75) is 260 Å². The number of alkyl halides is 14. The van der Waals surface area contributed by atoms with Crippen LogP contribution in [0.15, 0.2) is 91.6 Å². The number of aromatic amines is 5. The highest BCUT2D eigenvalue weighted by molar-refractivity contribution is 5.77. The fourth-order valence-electron chi connectivity index (χ4n) is 15.0. The first-order valence-corrected chi connectivity index (χ1v) is 49.1. The second-order valence-electron chi connectivity index (χ2n) is 37.3. The van der Waals surface area contributed by atoms with Gasteiger partial charge in [-0.15, -0.1) is 6.42 Å². The summed E-state index contributed by atoms with van der Waals surface area (Å²) in [7, 11) is 12.7. The van der Waals surface area contributed by atoms with Crippen molar-refractivity contribution < 1.29 is 108 Å². The number of aromatic nitrogens is 10. The third kappa shape index (κ3) is 41.8. The van der Waals surface area contributed by atoms with E-state index in [4.69, 9.17) is 44.3 Å². The SMILES string of the molecule is C.C.C.C#Cc1cc(OCCC(C)C)c(C(F)(F)F)cc1-c1cn[nH]c1CN(C)CCCC.CCCCN(C)Cc1[nH]ncc1-c1cc(C(F)(F)F)c(OCCOC)cc1OCC.CCCCN(C)Cc1cn[nH]c1-c1cc(C(F)(F)F)cc(OCCC(C)C)c1F.CCCCN(C)Cc1cn[nH]c1-c1cc(C(F)(F)F)cc(OCCOC)c1F.CCCCN(C)Cc1cn[nH]c1-c1cc(OCC(C)C)cc(C(C)(F)F)c1C. The minimum absolute atomic E-state index is 0. The lowest BCUT2D eigenvalue weighted by atomic mass is 9.94. The minimum atomic E-state index is -4.64. The van der Waals surface area contributed by atoms with Gasteiger partial charge in [0.25, 0.3) is 5.92 Å². The third-order valence-corrected chi connectivity index (χ3v) is 23.1. The van der Waals surface area contributed by atoms with E-state index >= 15 is 4.39 Å². The number of halogens is 16. The van der Waals surface area contributed by atoms with Crippen LogP contribution < -0.4 is 28.4 Å². The van der Waals surface area contributed by atoms with E-state index in [1.54, 1.807) is 20.0 Å². The molecule has 0 fully saturated rings. The summed E-state index contributed by atoms with van der Waals surface area (Å²) in [6.07, 6.45) is 6.88. The summed E-state index contributed by atoms with van der Waals surface area (Å²) in [6.45, 7) is 35.4. The van der Waals surface area contributed by atoms with Gasteiger partial charge < -0.3 is 62.4 Å². The maximum absolute atomic E-state index is 15.1. The van der Waals surface area contributed by atoms with Crippen LogP contribution in [0.2, 0.25) is 0 Å². The Labute approximate surface area is 865 Å². The van der Waals surface area contributed by atoms with Gasteiger partial charge in [0, 0.05) is 127 Å². The number of unbranched alkanes of at least 4 members (excludes halogenated alkanes) is 5. The van der Waals surface area contributed by atoms with Crippen molar-refractivity contribution in [3.63, 3.8) is 0 Å². The molecule has 830 valence electrons. The average Bonchev–Trinajstić information content (AvgIpc) is 1.46. The molecule has 0 radical (unpaired) electrons. The summed E-state index contributed by atoms with van der Waals surface area (Å²) >= 11 is 0. The average molecular weight is 2110 g/mol. The van der Waals surface area contributed by atoms with Crippen molar-refractivity contribution >= 4 is 0 Å². The molecule has 0 amide bonds. The zero-order valence-corrected chi connectivity index (χ0v) is 87.5. The zero-order chi connectivity index (χ0) is 108. The number of nitrogens with zero attached hydrogens (tertiary/aromatic N) is 10. The monoisotopic (exact) mass is 2110 g/mol. The summed E-state index contributed by atoms with van der Waals surface area (Å²) in [5.74, 6) is -1.79. The molecule has 5 N–H and O–H groups in total. The molecule has 10 rings (SSSR count). The maximum Gasteiger partial charge on any atom is 0.419 e. The predicted octanol–water partition coefficient (Wildman–Crippen LogP) is 28.5. The molecule has 10 aromatic rings. The predicted molar refractivity (Wildman–Crippen MR) is 555 cm³/mol. The van der Waals surface area contributed by atoms with Crippen LogP contribution in [0, 0.1) is 48.7 Å². The topological polar surface area (TPSA) is 233 Å². The third-order valence-electron chi connectivity index (χ3n) is 23.1. The van der Waals surface area contributed by atoms with Crippen LogP contribution in [0.4, 0.5) is 70.2 Å². The van der Waals surface area contributed by atoms with Crippen molar-refractivity contribution in [2.24, 2.45) is 17.8 Å². The number of nitrogens with one attached hydrogen (secondary N) is 5. The van der Waals surface area contributed by atoms with Gasteiger partial charge in [0.2, 0.25) is 0 Å². The van der Waals surface area contributed by atoms with Gasteiger partial charge in [0.05, 0.1) is 121 Å². The van der Waals surface area contributed by atoms with Crippen molar-refractivity contribution in [1.29, 1.82) is 0 Å². The first-order valence-electron chi connectivity index (χ1n) is 49.1. The van der Waals surface area contributed by atoms with Gasteiger partial charge in [-0.3, -0.25) is 25.5 Å². The number of rotatable bonds is 52. The second kappa shape index (κ2) is 64.0. The lowest BCUT2D eigenvalue weighted by Gasteiger charge is -2.21. The van der Waals surface area contributed by atoms with Gasteiger partial charge in [0.15, 0.2) is 23.1 Å². The Morgan fingerprint density at radius 2 is 0.709 bits per heavy atom. The molecule has 5 aromatic heterocycles. The van der Waals surface area contributed by atoms with Gasteiger partial charge in [-0.05, 0) is 205 Å². The van der Waals surface area contributed by atoms with E-state index in [1.165, 1.54) is 57.2 Å². The minimum Gasteiger partial charge on any atom is -0.493 e. The highest BCUT2D eigenvalue weighted by Gasteiger charge is 2.40. The van der Waals surface area contributed by atoms with Gasteiger partial charge in [0.1, 0.15) is 36.2 Å². The van der Waals surface area contributed by atoms with Crippen LogP contribution in [0.25, 0.3) is 56.0 Å². The van der Waals surface area contributed by atoms with E-state index < -0.39 is 76.0 Å². The Hall–Kier alpha value is -10.9. The molecule has 0 spiro atoms. The number of ether oxygens (including phenoxy) is 8. The summed E-state index contributed by atoms with van der Waals surface area (Å²) in [5, 5.41) is 34.3. The molecule has 0 aliphatic carbocycles. The molecule has 39 heteroatoms. The highest BCUT2D eigenvalue weighted by Crippen LogP contribution is 2.48. The van der Waals surface area contributed by atoms with Crippen molar-refractivity contribution in [3.05, 3.63) is 170 Å². The maximum atomic E-state index is 15.1. The summed E-state index contributed by atoms with van der Waals surface area (Å²) in [5.41, 5.74) is 4.31. The van der Waals surface area contributed by atoms with Crippen molar-refractivity contribution in [3.8, 4) is 103 Å². The van der Waals surface area contributed by atoms with Crippen LogP contribution in [0.3, 0.4) is 0 Å². The molecule has 5 aromatic carbocycles. The molecule has 0 atom stereocenters. The van der Waals surface area contributed by atoms with E-state index in [0.29, 0.717) is 144 Å². The number of H-pyrrole nitrogens is 5. The Bertz CT molecular complexity index is 5520. The summed E-state index contributed by atoms with van der Waals surface area (Å²) in [4.78, 5) is 10.5. The standard InChI is InChI=1S/C23H30F3N3O.C22H33F2N3O.C21H29F4N3O.C21H30F3N3O3.C19H25F4N3O2.3CH4/c1-6-8-10-29(5)15-21-19(14-27-28-21)18-13-20(23(24,25)26)22(12-17(18)7-2)30-11-9-16(3)4;1-7-8-9-27(6)13-17-12-25-26-21(17)19-10-18(28-14-15(2)3)11-20(16(19)4)22(5,23)24;1-5-6-8-28(4)13-15-12-26-27-20(15)17-10-16(21(23,24)25)11-18(19(17)22)29-9-7-14(2)3;1-5-7-8-27(3)14-18-16(13-25-26-18)15-11-17(21(22,23)24)20(30-10-9-28-4)12-19(15)29-6-2;1-4-5-6-26(2)12-13-11-24-25-18(13)15-9-14(19(21,22)23)10-16(17(15)20)28-8-7-27-3;;;/h2,12-14,16H,6,8-11,15H2,1,3-5H3,(H,27,28);10-12,15H,7-9,13-14H2,1-6H3,(H,25,26);10-12,14H,5-9,13H2,1-4H3,(H,26,27);11-13H,5-10,14H2,1-4H3,(H,25,26);9-11H,4-8,12H2,1-3H3,(H,24,25);3*1H4. The lowest BCUT2D eigenvalue weighted by Crippen LogP contribution is -2.19. The second-order valence-corrected chi connectivity index (χ2v) is 37.3. The summed E-state index contributed by atoms with van der Waals surface area (Å²) < 4.78 is 264. The van der Waals surface area contributed by atoms with E-state index in [0.717, 1.165) is 157 Å². The fourth-order valence-corrected chi connectivity index (χ4v) is 15.0. The Kier molecular flexibility index (Phi) is 56.7. The molecule has 0 saturated heterocycles. The first kappa shape index (κ1) is 131. The molecule has 23 nitrogen and oxygen atoms in total.